The van der Waals surface area contributed by atoms with E-state index < -0.39 is 11.7 Å². The molecule has 0 fully saturated rings. The molecule has 3 N–H and O–H groups in total. The second-order valence-corrected chi connectivity index (χ2v) is 7.60. The fraction of sp³-hybridized carbons (Fsp3) is 0.182. The molecule has 0 bridgehead atoms. The summed E-state index contributed by atoms with van der Waals surface area (Å²) in [6.07, 6.45) is 1.69. The number of halogens is 1. The summed E-state index contributed by atoms with van der Waals surface area (Å²) in [5.41, 5.74) is 7.76. The molecular formula is C22H20FN5O3S. The number of amides is 1. The van der Waals surface area contributed by atoms with Crippen LogP contribution in [0.5, 0.6) is 0 Å². The van der Waals surface area contributed by atoms with Crippen LogP contribution in [-0.4, -0.2) is 33.1 Å². The van der Waals surface area contributed by atoms with Crippen molar-refractivity contribution in [2.24, 2.45) is 5.73 Å². The molecular weight excluding hydrogens is 433 g/mol. The number of nitrogens with two attached hydrogens (primary N) is 1. The number of rotatable bonds is 7. The molecule has 164 valence electrons. The number of nitrogens with one attached hydrogen (secondary N) is 1. The van der Waals surface area contributed by atoms with Crippen LogP contribution in [-0.2, 0) is 22.5 Å². The monoisotopic (exact) mass is 453 g/mol. The average Bonchev–Trinajstić information content (AvgIpc) is 3.42. The minimum absolute atomic E-state index is 0.0280. The Balaban J connectivity index is 1.70. The smallest absolute Gasteiger partial charge is 0.310 e. The highest BCUT2D eigenvalue weighted by Gasteiger charge is 2.20. The number of carbonyl (C=O) groups is 2. The first-order valence-corrected chi connectivity index (χ1v) is 10.8. The van der Waals surface area contributed by atoms with Crippen molar-refractivity contribution in [2.45, 2.75) is 19.9 Å². The molecule has 4 rings (SSSR count). The first kappa shape index (κ1) is 21.6. The number of hydrogen-bond donors (Lipinski definition) is 2. The Labute approximate surface area is 186 Å². The molecule has 4 aromatic rings. The van der Waals surface area contributed by atoms with Gasteiger partial charge in [-0.05, 0) is 36.1 Å². The Hall–Kier alpha value is -3.63. The van der Waals surface area contributed by atoms with E-state index in [-0.39, 0.29) is 42.6 Å². The van der Waals surface area contributed by atoms with Gasteiger partial charge in [0, 0.05) is 23.7 Å². The fourth-order valence-electron chi connectivity index (χ4n) is 3.24. The third kappa shape index (κ3) is 4.23. The lowest BCUT2D eigenvalue weighted by molar-refractivity contribution is -0.142. The minimum Gasteiger partial charge on any atom is -0.466 e. The maximum Gasteiger partial charge on any atom is 0.310 e. The van der Waals surface area contributed by atoms with Crippen molar-refractivity contribution in [2.75, 3.05) is 11.9 Å². The lowest BCUT2D eigenvalue weighted by atomic mass is 10.1. The second-order valence-electron chi connectivity index (χ2n) is 6.85. The lowest BCUT2D eigenvalue weighted by Crippen LogP contribution is -2.18. The molecule has 3 aromatic heterocycles. The predicted molar refractivity (Wildman–Crippen MR) is 119 cm³/mol. The zero-order chi connectivity index (χ0) is 22.7. The van der Waals surface area contributed by atoms with Crippen molar-refractivity contribution < 1.29 is 18.7 Å². The number of ether oxygens (including phenoxy) is 1. The fourth-order valence-corrected chi connectivity index (χ4v) is 4.03. The largest absolute Gasteiger partial charge is 0.466 e. The van der Waals surface area contributed by atoms with Crippen LogP contribution in [0.4, 0.5) is 10.1 Å². The van der Waals surface area contributed by atoms with Gasteiger partial charge in [0.05, 0.1) is 29.8 Å². The van der Waals surface area contributed by atoms with Crippen molar-refractivity contribution >= 4 is 34.4 Å². The van der Waals surface area contributed by atoms with E-state index in [1.165, 1.54) is 21.9 Å². The number of fused-ring (bicyclic) bond motifs is 1. The van der Waals surface area contributed by atoms with Gasteiger partial charge in [0.2, 0.25) is 0 Å². The molecule has 0 atom stereocenters. The molecule has 32 heavy (non-hydrogen) atoms. The van der Waals surface area contributed by atoms with Crippen molar-refractivity contribution in [3.63, 3.8) is 0 Å². The topological polar surface area (TPSA) is 112 Å². The third-order valence-corrected chi connectivity index (χ3v) is 5.57. The number of benzene rings is 1. The van der Waals surface area contributed by atoms with Crippen molar-refractivity contribution in [3.8, 4) is 11.4 Å². The Morgan fingerprint density at radius 1 is 1.22 bits per heavy atom. The summed E-state index contributed by atoms with van der Waals surface area (Å²) in [7, 11) is 0. The maximum absolute atomic E-state index is 14.8. The number of anilines is 1. The maximum atomic E-state index is 14.8. The van der Waals surface area contributed by atoms with Gasteiger partial charge < -0.3 is 15.8 Å². The number of hydrogen-bond acceptors (Lipinski definition) is 7. The number of carbonyl (C=O) groups excluding carboxylic acids is 2. The van der Waals surface area contributed by atoms with Crippen molar-refractivity contribution in [1.29, 1.82) is 0 Å². The zero-order valence-electron chi connectivity index (χ0n) is 17.2. The van der Waals surface area contributed by atoms with Crippen LogP contribution in [0.15, 0.2) is 47.3 Å². The quantitative estimate of drug-likeness (QED) is 0.415. The number of aromatic nitrogens is 3. The summed E-state index contributed by atoms with van der Waals surface area (Å²) in [4.78, 5) is 29.4. The molecule has 0 aliphatic rings. The summed E-state index contributed by atoms with van der Waals surface area (Å²) < 4.78 is 21.3. The van der Waals surface area contributed by atoms with Gasteiger partial charge in [-0.2, -0.15) is 0 Å². The van der Waals surface area contributed by atoms with Gasteiger partial charge in [-0.1, -0.05) is 12.1 Å². The summed E-state index contributed by atoms with van der Waals surface area (Å²) in [6, 6.07) is 8.20. The molecule has 0 saturated heterocycles. The molecule has 3 heterocycles. The standard InChI is InChI=1S/C22H20FN5O3S/c1-2-31-18(29)9-14-11-32-12-16(14)25-22(30)20-17-7-4-8-28(17)27-21(26-20)15-6-3-5-13(10-24)19(15)23/h3-8,11-12H,2,9-10,24H2,1H3,(H,25,30). The summed E-state index contributed by atoms with van der Waals surface area (Å²) >= 11 is 1.35. The minimum atomic E-state index is -0.526. The molecule has 10 heteroatoms. The van der Waals surface area contributed by atoms with Crippen molar-refractivity contribution in [1.82, 2.24) is 14.6 Å². The Bertz CT molecular complexity index is 1300. The molecule has 8 nitrogen and oxygen atoms in total. The van der Waals surface area contributed by atoms with Gasteiger partial charge in [-0.15, -0.1) is 16.4 Å². The molecule has 0 radical (unpaired) electrons. The Morgan fingerprint density at radius 2 is 2.06 bits per heavy atom. The van der Waals surface area contributed by atoms with Gasteiger partial charge in [0.15, 0.2) is 11.5 Å². The Morgan fingerprint density at radius 3 is 2.84 bits per heavy atom. The van der Waals surface area contributed by atoms with E-state index >= 15 is 0 Å². The molecule has 1 amide bonds. The van der Waals surface area contributed by atoms with E-state index in [4.69, 9.17) is 10.5 Å². The predicted octanol–water partition coefficient (Wildman–Crippen LogP) is 3.41. The highest BCUT2D eigenvalue weighted by atomic mass is 32.1. The third-order valence-electron chi connectivity index (χ3n) is 4.78. The van der Waals surface area contributed by atoms with Crippen molar-refractivity contribution in [3.05, 3.63) is 69.9 Å². The number of nitrogens with zero attached hydrogens (tertiary/aromatic N) is 3. The van der Waals surface area contributed by atoms with E-state index in [1.807, 2.05) is 0 Å². The number of esters is 1. The van der Waals surface area contributed by atoms with Gasteiger partial charge in [0.1, 0.15) is 5.82 Å². The van der Waals surface area contributed by atoms with Gasteiger partial charge >= 0.3 is 5.97 Å². The highest BCUT2D eigenvalue weighted by molar-refractivity contribution is 7.08. The Kier molecular flexibility index (Phi) is 6.24. The van der Waals surface area contributed by atoms with Crippen LogP contribution in [0.25, 0.3) is 16.9 Å². The normalized spacial score (nSPS) is 11.0. The SMILES string of the molecule is CCOC(=O)Cc1cscc1NC(=O)c1nc(-c2cccc(CN)c2F)nn2cccc12. The zero-order valence-corrected chi connectivity index (χ0v) is 18.0. The summed E-state index contributed by atoms with van der Waals surface area (Å²) in [5.74, 6) is -1.35. The van der Waals surface area contributed by atoms with Gasteiger partial charge in [-0.3, -0.25) is 9.59 Å². The van der Waals surface area contributed by atoms with Crippen LogP contribution in [0.1, 0.15) is 28.5 Å². The first-order valence-electron chi connectivity index (χ1n) is 9.87. The molecule has 0 spiro atoms. The molecule has 1 aromatic carbocycles. The average molecular weight is 453 g/mol. The van der Waals surface area contributed by atoms with E-state index in [9.17, 15) is 14.0 Å². The second kappa shape index (κ2) is 9.25. The van der Waals surface area contributed by atoms with E-state index in [1.54, 1.807) is 48.1 Å². The van der Waals surface area contributed by atoms with Crippen LogP contribution in [0, 0.1) is 5.82 Å². The highest BCUT2D eigenvalue weighted by Crippen LogP contribution is 2.25. The molecule has 0 aliphatic carbocycles. The van der Waals surface area contributed by atoms with E-state index in [0.29, 0.717) is 22.3 Å². The summed E-state index contributed by atoms with van der Waals surface area (Å²) in [5, 5.41) is 10.6. The molecule has 0 aliphatic heterocycles. The van der Waals surface area contributed by atoms with E-state index in [2.05, 4.69) is 15.4 Å². The number of thiophene rings is 1. The summed E-state index contributed by atoms with van der Waals surface area (Å²) in [6.45, 7) is 2.04. The van der Waals surface area contributed by atoms with Crippen LogP contribution in [0.3, 0.4) is 0 Å². The molecule has 0 saturated carbocycles. The van der Waals surface area contributed by atoms with Gasteiger partial charge in [0.25, 0.3) is 5.91 Å². The lowest BCUT2D eigenvalue weighted by Gasteiger charge is -2.10. The first-order chi connectivity index (χ1) is 15.5. The van der Waals surface area contributed by atoms with E-state index in [0.717, 1.165) is 0 Å². The van der Waals surface area contributed by atoms with Crippen LogP contribution >= 0.6 is 11.3 Å². The molecule has 0 unspecified atom stereocenters. The van der Waals surface area contributed by atoms with Crippen LogP contribution < -0.4 is 11.1 Å². The van der Waals surface area contributed by atoms with Gasteiger partial charge in [-0.25, -0.2) is 13.9 Å². The van der Waals surface area contributed by atoms with Crippen LogP contribution in [0.2, 0.25) is 0 Å².